The summed E-state index contributed by atoms with van der Waals surface area (Å²) in [7, 11) is 2.42. The minimum atomic E-state index is -0.0927. The molecule has 1 atom stereocenters. The molecule has 1 N–H and O–H groups in total. The number of nitrogens with one attached hydrogen (secondary N) is 1. The molecule has 1 aliphatic heterocycles. The minimum Gasteiger partial charge on any atom is -0.307 e. The SMILES string of the molecule is C=O.CP.Cc1cccc(C2=CC=C(/C=C3/SC(=S)NC3=O)C2)c1. The van der Waals surface area contributed by atoms with Gasteiger partial charge in [0.1, 0.15) is 11.1 Å². The first kappa shape index (κ1) is 20.5. The second-order valence-electron chi connectivity index (χ2n) is 4.83. The molecule has 1 fully saturated rings. The Hall–Kier alpha value is -1.55. The first-order valence-corrected chi connectivity index (χ1v) is 9.58. The maximum atomic E-state index is 11.6. The van der Waals surface area contributed by atoms with Crippen LogP contribution in [-0.2, 0) is 9.59 Å². The molecule has 1 heterocycles. The van der Waals surface area contributed by atoms with Gasteiger partial charge in [-0.25, -0.2) is 0 Å². The number of hydrogen-bond donors (Lipinski definition) is 1. The molecule has 6 heteroatoms. The number of benzene rings is 1. The average molecular weight is 377 g/mol. The second-order valence-corrected chi connectivity index (χ2v) is 6.55. The molecule has 2 aliphatic rings. The second kappa shape index (κ2) is 10.3. The number of carbonyl (C=O) groups is 2. The number of rotatable bonds is 2. The van der Waals surface area contributed by atoms with Crippen LogP contribution in [-0.4, -0.2) is 23.7 Å². The fourth-order valence-corrected chi connectivity index (χ4v) is 3.34. The number of amides is 1. The Morgan fingerprint density at radius 3 is 2.58 bits per heavy atom. The highest BCUT2D eigenvalue weighted by atomic mass is 32.2. The summed E-state index contributed by atoms with van der Waals surface area (Å²) < 4.78 is 0.534. The number of aryl methyl sites for hydroxylation is 1. The third-order valence-corrected chi connectivity index (χ3v) is 4.40. The van der Waals surface area contributed by atoms with Crippen molar-refractivity contribution >= 4 is 55.8 Å². The predicted molar refractivity (Wildman–Crippen MR) is 111 cm³/mol. The summed E-state index contributed by atoms with van der Waals surface area (Å²) >= 11 is 6.31. The van der Waals surface area contributed by atoms with Crippen molar-refractivity contribution in [2.75, 3.05) is 6.66 Å². The highest BCUT2D eigenvalue weighted by molar-refractivity contribution is 8.26. The molecule has 126 valence electrons. The van der Waals surface area contributed by atoms with E-state index in [4.69, 9.17) is 17.0 Å². The number of allylic oxidation sites excluding steroid dienone is 5. The molecule has 0 aromatic heterocycles. The fourth-order valence-electron chi connectivity index (χ4n) is 2.28. The van der Waals surface area contributed by atoms with Crippen LogP contribution in [0, 0.1) is 6.92 Å². The molecule has 1 unspecified atom stereocenters. The molecule has 1 aromatic rings. The number of carbonyl (C=O) groups excluding carboxylic acids is 2. The summed E-state index contributed by atoms with van der Waals surface area (Å²) in [6, 6.07) is 8.47. The van der Waals surface area contributed by atoms with Crippen LogP contribution in [0.3, 0.4) is 0 Å². The molecule has 24 heavy (non-hydrogen) atoms. The molecule has 0 saturated carbocycles. The molecule has 1 aliphatic carbocycles. The van der Waals surface area contributed by atoms with Crippen LogP contribution in [0.15, 0.2) is 53.0 Å². The van der Waals surface area contributed by atoms with Gasteiger partial charge in [0.05, 0.1) is 4.91 Å². The summed E-state index contributed by atoms with van der Waals surface area (Å²) in [6.07, 6.45) is 6.98. The smallest absolute Gasteiger partial charge is 0.263 e. The lowest BCUT2D eigenvalue weighted by Gasteiger charge is -2.04. The van der Waals surface area contributed by atoms with Crippen LogP contribution in [0.5, 0.6) is 0 Å². The summed E-state index contributed by atoms with van der Waals surface area (Å²) in [5.74, 6) is -0.0927. The fraction of sp³-hybridized carbons (Fsp3) is 0.167. The van der Waals surface area contributed by atoms with Crippen molar-refractivity contribution < 1.29 is 9.59 Å². The third kappa shape index (κ3) is 5.52. The molecule has 3 rings (SSSR count). The van der Waals surface area contributed by atoms with Gasteiger partial charge < -0.3 is 10.1 Å². The number of thiocarbonyl (C=S) groups is 1. The first-order chi connectivity index (χ1) is 11.6. The van der Waals surface area contributed by atoms with Crippen molar-refractivity contribution in [2.24, 2.45) is 0 Å². The number of thioether (sulfide) groups is 1. The van der Waals surface area contributed by atoms with Crippen LogP contribution in [0.1, 0.15) is 17.5 Å². The van der Waals surface area contributed by atoms with Gasteiger partial charge in [0.2, 0.25) is 0 Å². The van der Waals surface area contributed by atoms with Gasteiger partial charge >= 0.3 is 0 Å². The molecule has 0 bridgehead atoms. The van der Waals surface area contributed by atoms with Crippen molar-refractivity contribution in [1.29, 1.82) is 0 Å². The maximum absolute atomic E-state index is 11.6. The van der Waals surface area contributed by atoms with Gasteiger partial charge in [-0.15, -0.1) is 9.24 Å². The monoisotopic (exact) mass is 377 g/mol. The van der Waals surface area contributed by atoms with E-state index in [0.717, 1.165) is 12.0 Å². The van der Waals surface area contributed by atoms with Gasteiger partial charge in [-0.05, 0) is 36.1 Å². The predicted octanol–water partition coefficient (Wildman–Crippen LogP) is 4.05. The molecule has 1 aromatic carbocycles. The lowest BCUT2D eigenvalue weighted by molar-refractivity contribution is -0.115. The van der Waals surface area contributed by atoms with Crippen LogP contribution in [0.25, 0.3) is 5.57 Å². The standard InChI is InChI=1S/C16H13NOS2.CH2O.CH5P/c1-10-3-2-4-12(7-10)13-6-5-11(8-13)9-14-15(18)17-16(19)20-14;2*1-2/h2-7,9H,8H2,1H3,(H,17,18,19);1H2;2H2,1H3/b14-9+;;. The molecule has 1 saturated heterocycles. The van der Waals surface area contributed by atoms with Gasteiger partial charge in [-0.3, -0.25) is 4.79 Å². The van der Waals surface area contributed by atoms with E-state index in [0.29, 0.717) is 9.23 Å². The summed E-state index contributed by atoms with van der Waals surface area (Å²) in [5, 5.41) is 2.63. The van der Waals surface area contributed by atoms with Gasteiger partial charge in [0.15, 0.2) is 0 Å². The van der Waals surface area contributed by atoms with Crippen LogP contribution >= 0.6 is 33.2 Å². The Morgan fingerprint density at radius 1 is 1.29 bits per heavy atom. The van der Waals surface area contributed by atoms with E-state index in [9.17, 15) is 4.79 Å². The van der Waals surface area contributed by atoms with Gasteiger partial charge in [-0.1, -0.05) is 72.6 Å². The van der Waals surface area contributed by atoms with E-state index < -0.39 is 0 Å². The zero-order valence-electron chi connectivity index (χ0n) is 13.7. The molecular weight excluding hydrogens is 357 g/mol. The lowest BCUT2D eigenvalue weighted by Crippen LogP contribution is -2.17. The van der Waals surface area contributed by atoms with Crippen molar-refractivity contribution in [2.45, 2.75) is 13.3 Å². The van der Waals surface area contributed by atoms with E-state index in [1.165, 1.54) is 28.5 Å². The van der Waals surface area contributed by atoms with E-state index in [2.05, 4.69) is 57.9 Å². The van der Waals surface area contributed by atoms with Crippen LogP contribution in [0.2, 0.25) is 0 Å². The molecule has 0 radical (unpaired) electrons. The Kier molecular flexibility index (Phi) is 8.83. The van der Waals surface area contributed by atoms with Crippen molar-refractivity contribution in [3.63, 3.8) is 0 Å². The highest BCUT2D eigenvalue weighted by Gasteiger charge is 2.22. The molecule has 3 nitrogen and oxygen atoms in total. The van der Waals surface area contributed by atoms with Gasteiger partial charge in [0, 0.05) is 0 Å². The Morgan fingerprint density at radius 2 is 2.00 bits per heavy atom. The number of hydrogen-bond acceptors (Lipinski definition) is 4. The molecule has 1 amide bonds. The summed E-state index contributed by atoms with van der Waals surface area (Å²) in [4.78, 5) is 20.3. The van der Waals surface area contributed by atoms with Gasteiger partial charge in [0.25, 0.3) is 5.91 Å². The quantitative estimate of drug-likeness (QED) is 0.480. The van der Waals surface area contributed by atoms with Crippen LogP contribution < -0.4 is 5.32 Å². The third-order valence-electron chi connectivity index (χ3n) is 3.24. The van der Waals surface area contributed by atoms with E-state index in [-0.39, 0.29) is 5.91 Å². The molecule has 0 spiro atoms. The van der Waals surface area contributed by atoms with Crippen LogP contribution in [0.4, 0.5) is 0 Å². The Bertz CT molecular complexity index is 723. The zero-order chi connectivity index (χ0) is 18.1. The average Bonchev–Trinajstić information content (AvgIpc) is 3.18. The van der Waals surface area contributed by atoms with Gasteiger partial charge in [-0.2, -0.15) is 0 Å². The minimum absolute atomic E-state index is 0.0927. The van der Waals surface area contributed by atoms with Crippen molar-refractivity contribution in [3.05, 3.63) is 64.1 Å². The van der Waals surface area contributed by atoms with E-state index in [1.54, 1.807) is 0 Å². The van der Waals surface area contributed by atoms with Crippen molar-refractivity contribution in [3.8, 4) is 0 Å². The lowest BCUT2D eigenvalue weighted by atomic mass is 10.0. The summed E-state index contributed by atoms with van der Waals surface area (Å²) in [6.45, 7) is 6.01. The first-order valence-electron chi connectivity index (χ1n) is 7.20. The van der Waals surface area contributed by atoms with Crippen molar-refractivity contribution in [1.82, 2.24) is 5.32 Å². The normalized spacial score (nSPS) is 17.2. The Labute approximate surface area is 154 Å². The summed E-state index contributed by atoms with van der Waals surface area (Å²) in [5.41, 5.74) is 4.93. The maximum Gasteiger partial charge on any atom is 0.263 e. The topological polar surface area (TPSA) is 46.2 Å². The molecular formula is C18H20NO2PS2. The Balaban J connectivity index is 0.000000671. The van der Waals surface area contributed by atoms with E-state index in [1.807, 2.05) is 19.5 Å². The highest BCUT2D eigenvalue weighted by Crippen LogP contribution is 2.32. The zero-order valence-corrected chi connectivity index (χ0v) is 16.5. The largest absolute Gasteiger partial charge is 0.307 e. The van der Waals surface area contributed by atoms with E-state index >= 15 is 0 Å².